The predicted molar refractivity (Wildman–Crippen MR) is 72.6 cm³/mol. The molecule has 3 rings (SSSR count). The molecule has 1 fully saturated rings. The third kappa shape index (κ3) is 2.01. The summed E-state index contributed by atoms with van der Waals surface area (Å²) in [5.41, 5.74) is 2.52. The molecule has 0 N–H and O–H groups in total. The fourth-order valence-electron chi connectivity index (χ4n) is 3.11. The van der Waals surface area contributed by atoms with E-state index in [0.717, 1.165) is 17.5 Å². The van der Waals surface area contributed by atoms with Crippen molar-refractivity contribution >= 4 is 21.6 Å². The van der Waals surface area contributed by atoms with Gasteiger partial charge in [-0.05, 0) is 24.8 Å². The predicted octanol–water partition coefficient (Wildman–Crippen LogP) is 3.72. The number of alkyl halides is 1. The van der Waals surface area contributed by atoms with Crippen LogP contribution >= 0.6 is 15.9 Å². The number of rotatable bonds is 2. The van der Waals surface area contributed by atoms with Gasteiger partial charge in [0, 0.05) is 17.2 Å². The summed E-state index contributed by atoms with van der Waals surface area (Å²) in [7, 11) is 0. The van der Waals surface area contributed by atoms with Crippen molar-refractivity contribution in [3.63, 3.8) is 0 Å². The molecular weight excluding hydrogens is 278 g/mol. The highest BCUT2D eigenvalue weighted by Crippen LogP contribution is 2.43. The molecule has 0 unspecified atom stereocenters. The molecule has 2 nitrogen and oxygen atoms in total. The summed E-state index contributed by atoms with van der Waals surface area (Å²) in [5, 5.41) is 5.12. The molecule has 1 aliphatic heterocycles. The minimum Gasteiger partial charge on any atom is -0.392 e. The fraction of sp³-hybridized carbons (Fsp3) is 0.500. The Bertz CT molecular complexity index is 417. The van der Waals surface area contributed by atoms with Crippen molar-refractivity contribution in [3.05, 3.63) is 35.9 Å². The molecule has 1 heterocycles. The maximum Gasteiger partial charge on any atom is 0.131 e. The number of nitrogens with zero attached hydrogens (tertiary/aromatic N) is 1. The van der Waals surface area contributed by atoms with Crippen molar-refractivity contribution < 1.29 is 4.84 Å². The second-order valence-electron chi connectivity index (χ2n) is 4.84. The Morgan fingerprint density at radius 1 is 1.24 bits per heavy atom. The van der Waals surface area contributed by atoms with Crippen molar-refractivity contribution in [2.24, 2.45) is 11.1 Å². The molecule has 3 atom stereocenters. The van der Waals surface area contributed by atoms with E-state index in [9.17, 15) is 0 Å². The quantitative estimate of drug-likeness (QED) is 0.762. The zero-order chi connectivity index (χ0) is 11.7. The second kappa shape index (κ2) is 4.81. The van der Waals surface area contributed by atoms with Gasteiger partial charge >= 0.3 is 0 Å². The lowest BCUT2D eigenvalue weighted by atomic mass is 9.80. The van der Waals surface area contributed by atoms with E-state index in [-0.39, 0.29) is 0 Å². The van der Waals surface area contributed by atoms with Gasteiger partial charge in [0.2, 0.25) is 0 Å². The van der Waals surface area contributed by atoms with Gasteiger partial charge in [-0.15, -0.1) is 0 Å². The first-order valence-corrected chi connectivity index (χ1v) is 7.36. The molecule has 0 aromatic heterocycles. The summed E-state index contributed by atoms with van der Waals surface area (Å²) in [6, 6.07) is 10.7. The summed E-state index contributed by atoms with van der Waals surface area (Å²) in [5.74, 6) is 1.05. The van der Waals surface area contributed by atoms with Crippen LogP contribution in [0.3, 0.4) is 0 Å². The molecule has 17 heavy (non-hydrogen) atoms. The zero-order valence-corrected chi connectivity index (χ0v) is 11.3. The van der Waals surface area contributed by atoms with Gasteiger partial charge in [0.15, 0.2) is 0 Å². The summed E-state index contributed by atoms with van der Waals surface area (Å²) in [6.45, 7) is 0. The summed E-state index contributed by atoms with van der Waals surface area (Å²) in [4.78, 5) is 5.62. The monoisotopic (exact) mass is 293 g/mol. The third-order valence-corrected chi connectivity index (χ3v) is 4.47. The molecule has 0 radical (unpaired) electrons. The van der Waals surface area contributed by atoms with Crippen LogP contribution in [0.2, 0.25) is 0 Å². The molecule has 1 aliphatic carbocycles. The van der Waals surface area contributed by atoms with E-state index in [1.54, 1.807) is 0 Å². The molecule has 2 aliphatic rings. The van der Waals surface area contributed by atoms with E-state index in [1.165, 1.54) is 18.4 Å². The number of halogens is 1. The molecule has 0 saturated heterocycles. The average molecular weight is 294 g/mol. The summed E-state index contributed by atoms with van der Waals surface area (Å²) in [6.07, 6.45) is 4.02. The summed E-state index contributed by atoms with van der Waals surface area (Å²) < 4.78 is 0. The zero-order valence-electron chi connectivity index (χ0n) is 9.68. The number of fused-ring (bicyclic) bond motifs is 1. The fourth-order valence-corrected chi connectivity index (χ4v) is 3.56. The average Bonchev–Trinajstić information content (AvgIpc) is 2.86. The van der Waals surface area contributed by atoms with E-state index < -0.39 is 0 Å². The minimum atomic E-state index is 0.336. The van der Waals surface area contributed by atoms with Crippen molar-refractivity contribution in [1.82, 2.24) is 0 Å². The largest absolute Gasteiger partial charge is 0.392 e. The van der Waals surface area contributed by atoms with Crippen LogP contribution in [0.15, 0.2) is 35.5 Å². The van der Waals surface area contributed by atoms with Gasteiger partial charge < -0.3 is 4.84 Å². The van der Waals surface area contributed by atoms with Crippen LogP contribution in [0.25, 0.3) is 0 Å². The van der Waals surface area contributed by atoms with Gasteiger partial charge in [0.05, 0.1) is 5.71 Å². The van der Waals surface area contributed by atoms with E-state index in [2.05, 4.69) is 51.4 Å². The van der Waals surface area contributed by atoms with Crippen molar-refractivity contribution in [2.75, 3.05) is 5.33 Å². The number of hydrogen-bond acceptors (Lipinski definition) is 2. The van der Waals surface area contributed by atoms with Crippen LogP contribution < -0.4 is 0 Å². The van der Waals surface area contributed by atoms with E-state index >= 15 is 0 Å². The molecule has 1 aromatic carbocycles. The van der Waals surface area contributed by atoms with Crippen molar-refractivity contribution in [1.29, 1.82) is 0 Å². The van der Waals surface area contributed by atoms with Gasteiger partial charge in [-0.2, -0.15) is 0 Å². The lowest BCUT2D eigenvalue weighted by Crippen LogP contribution is -2.34. The Kier molecular flexibility index (Phi) is 3.19. The Labute approximate surface area is 110 Å². The molecule has 90 valence electrons. The van der Waals surface area contributed by atoms with Gasteiger partial charge in [0.1, 0.15) is 6.10 Å². The second-order valence-corrected chi connectivity index (χ2v) is 5.40. The highest BCUT2D eigenvalue weighted by Gasteiger charge is 2.41. The highest BCUT2D eigenvalue weighted by molar-refractivity contribution is 9.09. The lowest BCUT2D eigenvalue weighted by Gasteiger charge is -2.32. The minimum absolute atomic E-state index is 0.336. The smallest absolute Gasteiger partial charge is 0.131 e. The summed E-state index contributed by atoms with van der Waals surface area (Å²) >= 11 is 3.53. The first kappa shape index (κ1) is 11.3. The van der Waals surface area contributed by atoms with E-state index in [0.29, 0.717) is 17.9 Å². The number of hydrogen-bond donors (Lipinski definition) is 0. The topological polar surface area (TPSA) is 21.6 Å². The van der Waals surface area contributed by atoms with Crippen LogP contribution in [-0.2, 0) is 4.84 Å². The van der Waals surface area contributed by atoms with Gasteiger partial charge in [-0.3, -0.25) is 0 Å². The molecule has 0 bridgehead atoms. The molecule has 0 amide bonds. The first-order valence-electron chi connectivity index (χ1n) is 6.23. The Balaban J connectivity index is 1.98. The number of benzene rings is 1. The maximum atomic E-state index is 5.62. The van der Waals surface area contributed by atoms with E-state index in [1.807, 2.05) is 0 Å². The Morgan fingerprint density at radius 2 is 2.06 bits per heavy atom. The highest BCUT2D eigenvalue weighted by atomic mass is 79.9. The van der Waals surface area contributed by atoms with Crippen LogP contribution in [0.4, 0.5) is 0 Å². The van der Waals surface area contributed by atoms with Gasteiger partial charge in [-0.25, -0.2) is 0 Å². The van der Waals surface area contributed by atoms with Crippen LogP contribution in [0.5, 0.6) is 0 Å². The molecular formula is C14H16BrNO. The van der Waals surface area contributed by atoms with E-state index in [4.69, 9.17) is 4.84 Å². The Hall–Kier alpha value is -0.830. The van der Waals surface area contributed by atoms with Crippen LogP contribution in [0.1, 0.15) is 30.7 Å². The van der Waals surface area contributed by atoms with Crippen LogP contribution in [-0.4, -0.2) is 17.1 Å². The third-order valence-electron chi connectivity index (χ3n) is 3.89. The number of oxime groups is 1. The normalized spacial score (nSPS) is 31.6. The standard InChI is InChI=1S/C14H16BrNO/c15-9-12-14(10-5-2-1-3-6-10)11-7-4-8-13(11)17-16-12/h1-3,5-6,11,13-14H,4,7-9H2/t11-,13+,14+/m1/s1. The van der Waals surface area contributed by atoms with Crippen molar-refractivity contribution in [3.8, 4) is 0 Å². The van der Waals surface area contributed by atoms with Crippen molar-refractivity contribution in [2.45, 2.75) is 31.3 Å². The molecule has 1 aromatic rings. The molecule has 1 saturated carbocycles. The van der Waals surface area contributed by atoms with Gasteiger partial charge in [0.25, 0.3) is 0 Å². The lowest BCUT2D eigenvalue weighted by molar-refractivity contribution is 0.0154. The van der Waals surface area contributed by atoms with Gasteiger partial charge in [-0.1, -0.05) is 51.4 Å². The molecule has 3 heteroatoms. The first-order chi connectivity index (χ1) is 8.40. The SMILES string of the molecule is BrCC1=NO[C@H]2CCC[C@H]2[C@@H]1c1ccccc1. The van der Waals surface area contributed by atoms with Crippen LogP contribution in [0, 0.1) is 5.92 Å². The molecule has 0 spiro atoms. The maximum absolute atomic E-state index is 5.62. The Morgan fingerprint density at radius 3 is 2.82 bits per heavy atom.